The summed E-state index contributed by atoms with van der Waals surface area (Å²) in [5.74, 6) is 1.14. The molecule has 0 atom stereocenters. The molecule has 160 valence electrons. The number of benzene rings is 3. The molecule has 6 nitrogen and oxygen atoms in total. The van der Waals surface area contributed by atoms with Crippen molar-refractivity contribution in [1.82, 2.24) is 10.9 Å². The SMILES string of the molecule is CCOc1ccccc1NC(=S)NNC(=O)c1ccc(COc2ccccc2Br)cc1. The van der Waals surface area contributed by atoms with Crippen molar-refractivity contribution in [3.8, 4) is 11.5 Å². The molecule has 0 radical (unpaired) electrons. The monoisotopic (exact) mass is 499 g/mol. The Bertz CT molecular complexity index is 1040. The van der Waals surface area contributed by atoms with Gasteiger partial charge in [-0.1, -0.05) is 36.4 Å². The summed E-state index contributed by atoms with van der Waals surface area (Å²) in [6, 6.07) is 22.2. The molecule has 0 saturated heterocycles. The third-order valence-corrected chi connectivity index (χ3v) is 5.03. The molecule has 0 heterocycles. The number of amides is 1. The van der Waals surface area contributed by atoms with E-state index in [1.807, 2.05) is 67.6 Å². The average molecular weight is 500 g/mol. The van der Waals surface area contributed by atoms with Gasteiger partial charge in [-0.15, -0.1) is 0 Å². The number of thiocarbonyl (C=S) groups is 1. The Morgan fingerprint density at radius 1 is 0.903 bits per heavy atom. The van der Waals surface area contributed by atoms with E-state index in [1.165, 1.54) is 0 Å². The van der Waals surface area contributed by atoms with Crippen molar-refractivity contribution >= 4 is 44.9 Å². The Morgan fingerprint density at radius 3 is 2.29 bits per heavy atom. The summed E-state index contributed by atoms with van der Waals surface area (Å²) in [5, 5.41) is 3.26. The topological polar surface area (TPSA) is 71.6 Å². The molecule has 3 aromatic rings. The molecule has 0 aliphatic carbocycles. The van der Waals surface area contributed by atoms with Crippen molar-refractivity contribution in [3.05, 3.63) is 88.4 Å². The van der Waals surface area contributed by atoms with Crippen LogP contribution in [0.4, 0.5) is 5.69 Å². The smallest absolute Gasteiger partial charge is 0.269 e. The van der Waals surface area contributed by atoms with Gasteiger partial charge in [0.2, 0.25) is 0 Å². The number of nitrogens with one attached hydrogen (secondary N) is 3. The molecule has 0 unspecified atom stereocenters. The molecule has 3 aromatic carbocycles. The second-order valence-corrected chi connectivity index (χ2v) is 7.64. The maximum atomic E-state index is 12.4. The summed E-state index contributed by atoms with van der Waals surface area (Å²) < 4.78 is 12.2. The zero-order valence-electron chi connectivity index (χ0n) is 16.9. The molecule has 0 bridgehead atoms. The second-order valence-electron chi connectivity index (χ2n) is 6.38. The molecular formula is C23H22BrN3O3S. The van der Waals surface area contributed by atoms with Crippen LogP contribution in [0.15, 0.2) is 77.3 Å². The molecule has 0 aliphatic rings. The summed E-state index contributed by atoms with van der Waals surface area (Å²) in [7, 11) is 0. The average Bonchev–Trinajstić information content (AvgIpc) is 2.79. The number of carbonyl (C=O) groups is 1. The van der Waals surface area contributed by atoms with Crippen LogP contribution in [0.2, 0.25) is 0 Å². The summed E-state index contributed by atoms with van der Waals surface area (Å²) in [6.45, 7) is 2.85. The lowest BCUT2D eigenvalue weighted by molar-refractivity contribution is 0.0944. The summed E-state index contributed by atoms with van der Waals surface area (Å²) >= 11 is 8.70. The van der Waals surface area contributed by atoms with Gasteiger partial charge < -0.3 is 14.8 Å². The van der Waals surface area contributed by atoms with Gasteiger partial charge in [0.25, 0.3) is 5.91 Å². The van der Waals surface area contributed by atoms with Crippen LogP contribution in [-0.2, 0) is 6.61 Å². The van der Waals surface area contributed by atoms with E-state index in [-0.39, 0.29) is 11.0 Å². The maximum Gasteiger partial charge on any atom is 0.269 e. The van der Waals surface area contributed by atoms with Crippen LogP contribution < -0.4 is 25.6 Å². The lowest BCUT2D eigenvalue weighted by Gasteiger charge is -2.14. The molecule has 31 heavy (non-hydrogen) atoms. The highest BCUT2D eigenvalue weighted by Crippen LogP contribution is 2.25. The molecule has 0 saturated carbocycles. The lowest BCUT2D eigenvalue weighted by Crippen LogP contribution is -2.43. The van der Waals surface area contributed by atoms with Crippen molar-refractivity contribution in [1.29, 1.82) is 0 Å². The first-order chi connectivity index (χ1) is 15.1. The zero-order chi connectivity index (χ0) is 22.1. The Kier molecular flexibility index (Phi) is 8.26. The first-order valence-corrected chi connectivity index (χ1v) is 10.8. The maximum absolute atomic E-state index is 12.4. The van der Waals surface area contributed by atoms with Crippen molar-refractivity contribution in [2.24, 2.45) is 0 Å². The number of hydrazine groups is 1. The first kappa shape index (κ1) is 22.6. The minimum atomic E-state index is -0.305. The summed E-state index contributed by atoms with van der Waals surface area (Å²) in [4.78, 5) is 12.4. The summed E-state index contributed by atoms with van der Waals surface area (Å²) in [5.41, 5.74) is 7.44. The number of para-hydroxylation sites is 3. The van der Waals surface area contributed by atoms with Gasteiger partial charge in [-0.25, -0.2) is 0 Å². The van der Waals surface area contributed by atoms with Crippen LogP contribution in [0.5, 0.6) is 11.5 Å². The molecule has 8 heteroatoms. The quantitative estimate of drug-likeness (QED) is 0.311. The van der Waals surface area contributed by atoms with E-state index in [1.54, 1.807) is 12.1 Å². The molecule has 0 aromatic heterocycles. The van der Waals surface area contributed by atoms with Crippen molar-refractivity contribution in [2.75, 3.05) is 11.9 Å². The van der Waals surface area contributed by atoms with Gasteiger partial charge in [0, 0.05) is 5.56 Å². The van der Waals surface area contributed by atoms with Gasteiger partial charge >= 0.3 is 0 Å². The number of hydrogen-bond acceptors (Lipinski definition) is 4. The molecule has 0 fully saturated rings. The van der Waals surface area contributed by atoms with Crippen molar-refractivity contribution in [3.63, 3.8) is 0 Å². The van der Waals surface area contributed by atoms with Crippen LogP contribution >= 0.6 is 28.1 Å². The van der Waals surface area contributed by atoms with E-state index in [0.717, 1.165) is 15.8 Å². The third-order valence-electron chi connectivity index (χ3n) is 4.17. The number of anilines is 1. The Hall–Kier alpha value is -3.10. The van der Waals surface area contributed by atoms with E-state index < -0.39 is 0 Å². The fourth-order valence-electron chi connectivity index (χ4n) is 2.67. The van der Waals surface area contributed by atoms with E-state index >= 15 is 0 Å². The van der Waals surface area contributed by atoms with Gasteiger partial charge in [0.15, 0.2) is 5.11 Å². The Balaban J connectivity index is 1.49. The highest BCUT2D eigenvalue weighted by Gasteiger charge is 2.08. The minimum Gasteiger partial charge on any atom is -0.492 e. The van der Waals surface area contributed by atoms with Crippen molar-refractivity contribution in [2.45, 2.75) is 13.5 Å². The Labute approximate surface area is 195 Å². The van der Waals surface area contributed by atoms with Crippen LogP contribution in [0.1, 0.15) is 22.8 Å². The number of rotatable bonds is 7. The van der Waals surface area contributed by atoms with Crippen molar-refractivity contribution < 1.29 is 14.3 Å². The highest BCUT2D eigenvalue weighted by atomic mass is 79.9. The van der Waals surface area contributed by atoms with E-state index in [2.05, 4.69) is 32.1 Å². The first-order valence-electron chi connectivity index (χ1n) is 9.62. The van der Waals surface area contributed by atoms with Gasteiger partial charge in [-0.3, -0.25) is 15.6 Å². The van der Waals surface area contributed by atoms with E-state index in [4.69, 9.17) is 21.7 Å². The van der Waals surface area contributed by atoms with Crippen LogP contribution in [-0.4, -0.2) is 17.6 Å². The number of halogens is 1. The fourth-order valence-corrected chi connectivity index (χ4v) is 3.23. The van der Waals surface area contributed by atoms with Gasteiger partial charge in [-0.05, 0) is 77.0 Å². The largest absolute Gasteiger partial charge is 0.492 e. The van der Waals surface area contributed by atoms with E-state index in [9.17, 15) is 4.79 Å². The van der Waals surface area contributed by atoms with Gasteiger partial charge in [0.1, 0.15) is 18.1 Å². The zero-order valence-corrected chi connectivity index (χ0v) is 19.3. The second kappa shape index (κ2) is 11.3. The Morgan fingerprint density at radius 2 is 1.58 bits per heavy atom. The third kappa shape index (κ3) is 6.70. The highest BCUT2D eigenvalue weighted by molar-refractivity contribution is 9.10. The molecule has 1 amide bonds. The normalized spacial score (nSPS) is 10.1. The standard InChI is InChI=1S/C23H22BrN3O3S/c1-2-29-21-10-6-4-8-19(21)25-23(31)27-26-22(28)17-13-11-16(12-14-17)15-30-20-9-5-3-7-18(20)24/h3-14H,2,15H2,1H3,(H,26,28)(H2,25,27,31). The lowest BCUT2D eigenvalue weighted by atomic mass is 10.1. The molecule has 3 N–H and O–H groups in total. The molecule has 0 spiro atoms. The van der Waals surface area contributed by atoms with Crippen LogP contribution in [0.25, 0.3) is 0 Å². The molecule has 0 aliphatic heterocycles. The van der Waals surface area contributed by atoms with Gasteiger partial charge in [0.05, 0.1) is 16.8 Å². The number of carbonyl (C=O) groups excluding carboxylic acids is 1. The minimum absolute atomic E-state index is 0.249. The van der Waals surface area contributed by atoms with Crippen LogP contribution in [0, 0.1) is 0 Å². The van der Waals surface area contributed by atoms with E-state index in [0.29, 0.717) is 30.2 Å². The summed E-state index contributed by atoms with van der Waals surface area (Å²) in [6.07, 6.45) is 0. The molecule has 3 rings (SSSR count). The predicted octanol–water partition coefficient (Wildman–Crippen LogP) is 5.06. The van der Waals surface area contributed by atoms with Crippen LogP contribution in [0.3, 0.4) is 0 Å². The molecular weight excluding hydrogens is 478 g/mol. The number of hydrogen-bond donors (Lipinski definition) is 3. The fraction of sp³-hybridized carbons (Fsp3) is 0.130. The predicted molar refractivity (Wildman–Crippen MR) is 129 cm³/mol. The van der Waals surface area contributed by atoms with Gasteiger partial charge in [-0.2, -0.15) is 0 Å². The number of ether oxygens (including phenoxy) is 2.